The third-order valence-corrected chi connectivity index (χ3v) is 17.2. The average molecular weight is 815 g/mol. The van der Waals surface area contributed by atoms with Crippen LogP contribution < -0.4 is 0 Å². The number of carbonyl (C=O) groups is 1. The van der Waals surface area contributed by atoms with Crippen molar-refractivity contribution in [2.45, 2.75) is 198 Å². The first-order chi connectivity index (χ1) is 26.4. The van der Waals surface area contributed by atoms with Crippen molar-refractivity contribution >= 4 is 5.78 Å². The fraction of sp³-hybridized carbons (Fsp3) is 0.976. The number of ether oxygens (including phenoxy) is 5. The second-order valence-corrected chi connectivity index (χ2v) is 21.0. The molecule has 0 aromatic heterocycles. The normalized spacial score (nSPS) is 55.2. The van der Waals surface area contributed by atoms with Gasteiger partial charge in [0, 0.05) is 17.8 Å². The number of Topliss-reactive ketones (excluding diaryl/α,β-unsaturated/α-hetero) is 1. The molecule has 9 N–H and O–H groups in total. The largest absolute Gasteiger partial charge is 0.394 e. The van der Waals surface area contributed by atoms with E-state index in [2.05, 4.69) is 27.7 Å². The van der Waals surface area contributed by atoms with Gasteiger partial charge in [0.15, 0.2) is 12.6 Å². The molecule has 0 spiro atoms. The summed E-state index contributed by atoms with van der Waals surface area (Å²) in [5, 5.41) is 97.7. The Kier molecular flexibility index (Phi) is 11.5. The number of carbonyl (C=O) groups excluding carboxylic acids is 1. The number of aliphatic hydroxyl groups excluding tert-OH is 8. The molecule has 4 aliphatic carbocycles. The van der Waals surface area contributed by atoms with Crippen LogP contribution in [0.15, 0.2) is 0 Å². The summed E-state index contributed by atoms with van der Waals surface area (Å²) < 4.78 is 31.7. The summed E-state index contributed by atoms with van der Waals surface area (Å²) in [6.45, 7) is 14.9. The standard InChI is InChI=1S/C42H70O15/c1-37(2)25(46)10-12-39(5)24-15-20(45)27-19(42(8)14-11-26(57-42)38(3,4)52)9-13-40(27,6)41(24,7)16-21(34(37)39)53-36-33(31(50)29(48)23(18-44)55-36)56-35-32(51)30(49)28(47)22(17-43)54-35/h19-24,26-36,43-45,47-52H,9-18H2,1-8H3/t19?,20-,21+,22?,23?,24?,26-,27?,28+,29+,30?,31?,32?,33?,34?,35-,36+,39-,40-,41-,42+/m1/s1. The minimum Gasteiger partial charge on any atom is -0.394 e. The summed E-state index contributed by atoms with van der Waals surface area (Å²) in [5.41, 5.74) is -3.82. The Morgan fingerprint density at radius 2 is 1.37 bits per heavy atom. The van der Waals surface area contributed by atoms with E-state index >= 15 is 0 Å². The highest BCUT2D eigenvalue weighted by Crippen LogP contribution is 2.76. The third-order valence-electron chi connectivity index (χ3n) is 17.2. The van der Waals surface area contributed by atoms with Crippen molar-refractivity contribution in [1.82, 2.24) is 0 Å². The van der Waals surface area contributed by atoms with Crippen LogP contribution >= 0.6 is 0 Å². The fourth-order valence-corrected chi connectivity index (χ4v) is 14.0. The van der Waals surface area contributed by atoms with Gasteiger partial charge in [0.25, 0.3) is 0 Å². The van der Waals surface area contributed by atoms with Gasteiger partial charge < -0.3 is 69.6 Å². The Hall–Kier alpha value is -0.890. The Bertz CT molecular complexity index is 1490. The van der Waals surface area contributed by atoms with Crippen molar-refractivity contribution in [3.05, 3.63) is 0 Å². The molecule has 3 aliphatic heterocycles. The molecule has 10 unspecified atom stereocenters. The van der Waals surface area contributed by atoms with Crippen LogP contribution in [0.2, 0.25) is 0 Å². The molecule has 7 fully saturated rings. The second-order valence-electron chi connectivity index (χ2n) is 21.0. The zero-order chi connectivity index (χ0) is 42.0. The molecule has 0 aromatic carbocycles. The molecule has 3 saturated heterocycles. The first-order valence-electron chi connectivity index (χ1n) is 21.2. The second kappa shape index (κ2) is 14.9. The van der Waals surface area contributed by atoms with E-state index in [-0.39, 0.29) is 29.6 Å². The maximum Gasteiger partial charge on any atom is 0.187 e. The monoisotopic (exact) mass is 814 g/mol. The Morgan fingerprint density at radius 1 is 0.754 bits per heavy atom. The van der Waals surface area contributed by atoms with Crippen LogP contribution in [-0.4, -0.2) is 156 Å². The zero-order valence-electron chi connectivity index (χ0n) is 34.9. The van der Waals surface area contributed by atoms with Gasteiger partial charge >= 0.3 is 0 Å². The van der Waals surface area contributed by atoms with Crippen molar-refractivity contribution in [1.29, 1.82) is 0 Å². The number of ketones is 1. The van der Waals surface area contributed by atoms with Crippen LogP contribution in [0.1, 0.15) is 107 Å². The molecular formula is C42H70O15. The molecule has 15 nitrogen and oxygen atoms in total. The van der Waals surface area contributed by atoms with Crippen LogP contribution in [0.5, 0.6) is 0 Å². The number of hydrogen-bond acceptors (Lipinski definition) is 15. The lowest BCUT2D eigenvalue weighted by molar-refractivity contribution is -0.381. The van der Waals surface area contributed by atoms with Gasteiger partial charge in [-0.1, -0.05) is 34.6 Å². The molecule has 21 atom stereocenters. The molecule has 328 valence electrons. The predicted octanol–water partition coefficient (Wildman–Crippen LogP) is 0.539. The van der Waals surface area contributed by atoms with Crippen LogP contribution in [-0.2, 0) is 28.5 Å². The maximum absolute atomic E-state index is 13.9. The topological polar surface area (TPSA) is 245 Å². The lowest BCUT2D eigenvalue weighted by Crippen LogP contribution is -2.71. The Morgan fingerprint density at radius 3 is 1.96 bits per heavy atom. The van der Waals surface area contributed by atoms with Crippen molar-refractivity contribution in [2.75, 3.05) is 13.2 Å². The van der Waals surface area contributed by atoms with E-state index in [0.717, 1.165) is 25.7 Å². The summed E-state index contributed by atoms with van der Waals surface area (Å²) in [7, 11) is 0. The van der Waals surface area contributed by atoms with Crippen molar-refractivity contribution < 1.29 is 74.4 Å². The van der Waals surface area contributed by atoms with Crippen LogP contribution in [0.4, 0.5) is 0 Å². The molecule has 57 heavy (non-hydrogen) atoms. The molecular weight excluding hydrogens is 744 g/mol. The first kappa shape index (κ1) is 44.2. The number of aliphatic hydroxyl groups is 9. The maximum atomic E-state index is 13.9. The van der Waals surface area contributed by atoms with Gasteiger partial charge in [-0.3, -0.25) is 4.79 Å². The van der Waals surface area contributed by atoms with E-state index < -0.39 is 126 Å². The molecule has 0 aromatic rings. The first-order valence-corrected chi connectivity index (χ1v) is 21.2. The summed E-state index contributed by atoms with van der Waals surface area (Å²) >= 11 is 0. The fourth-order valence-electron chi connectivity index (χ4n) is 14.0. The van der Waals surface area contributed by atoms with E-state index in [4.69, 9.17) is 23.7 Å². The number of rotatable bonds is 8. The van der Waals surface area contributed by atoms with Gasteiger partial charge in [-0.25, -0.2) is 0 Å². The summed E-state index contributed by atoms with van der Waals surface area (Å²) in [6, 6.07) is 0. The van der Waals surface area contributed by atoms with Gasteiger partial charge in [0.2, 0.25) is 0 Å². The van der Waals surface area contributed by atoms with Gasteiger partial charge in [0.05, 0.1) is 42.7 Å². The Labute approximate surface area is 336 Å². The van der Waals surface area contributed by atoms with Gasteiger partial charge in [-0.2, -0.15) is 0 Å². The smallest absolute Gasteiger partial charge is 0.187 e. The molecule has 0 radical (unpaired) electrons. The minimum absolute atomic E-state index is 0.00955. The molecule has 15 heteroatoms. The van der Waals surface area contributed by atoms with Gasteiger partial charge in [0.1, 0.15) is 54.6 Å². The van der Waals surface area contributed by atoms with Gasteiger partial charge in [-0.15, -0.1) is 0 Å². The van der Waals surface area contributed by atoms with Crippen LogP contribution in [0, 0.1) is 45.3 Å². The third kappa shape index (κ3) is 6.72. The molecule has 7 rings (SSSR count). The van der Waals surface area contributed by atoms with E-state index in [1.807, 2.05) is 13.8 Å². The summed E-state index contributed by atoms with van der Waals surface area (Å²) in [5.74, 6) is -0.433. The van der Waals surface area contributed by atoms with E-state index in [0.29, 0.717) is 25.7 Å². The van der Waals surface area contributed by atoms with Crippen LogP contribution in [0.3, 0.4) is 0 Å². The minimum atomic E-state index is -1.82. The zero-order valence-corrected chi connectivity index (χ0v) is 34.9. The Balaban J connectivity index is 1.26. The van der Waals surface area contributed by atoms with Crippen molar-refractivity contribution in [3.63, 3.8) is 0 Å². The SMILES string of the molecule is CC1(C)C(=O)CC[C@@]2(C)C1[C@@H](O[C@H]1OC(CO)[C@H](O)C(O)C1O[C@H]1OC(CO)[C@H](O)C(O)C1O)C[C@]1(C)C2C[C@@H](O)C2C([C@]3(C)CC[C@H](C(C)(C)O)O3)CC[C@]21C. The van der Waals surface area contributed by atoms with E-state index in [1.165, 1.54) is 0 Å². The van der Waals surface area contributed by atoms with E-state index in [9.17, 15) is 50.8 Å². The lowest BCUT2D eigenvalue weighted by Gasteiger charge is -2.71. The van der Waals surface area contributed by atoms with Crippen LogP contribution in [0.25, 0.3) is 0 Å². The van der Waals surface area contributed by atoms with Crippen molar-refractivity contribution in [3.8, 4) is 0 Å². The molecule has 3 heterocycles. The summed E-state index contributed by atoms with van der Waals surface area (Å²) in [4.78, 5) is 13.9. The van der Waals surface area contributed by atoms with Gasteiger partial charge in [-0.05, 0) is 99.7 Å². The highest BCUT2D eigenvalue weighted by atomic mass is 16.8. The highest BCUT2D eigenvalue weighted by Gasteiger charge is 2.74. The average Bonchev–Trinajstić information content (AvgIpc) is 3.73. The molecule has 4 saturated carbocycles. The summed E-state index contributed by atoms with van der Waals surface area (Å²) in [6.07, 6.45) is -12.6. The number of fused-ring (bicyclic) bond motifs is 5. The molecule has 7 aliphatic rings. The van der Waals surface area contributed by atoms with E-state index in [1.54, 1.807) is 13.8 Å². The van der Waals surface area contributed by atoms with Crippen molar-refractivity contribution in [2.24, 2.45) is 45.3 Å². The quantitative estimate of drug-likeness (QED) is 0.152. The lowest BCUT2D eigenvalue weighted by atomic mass is 9.34. The number of hydrogen-bond donors (Lipinski definition) is 9. The molecule has 0 amide bonds. The molecule has 0 bridgehead atoms. The highest BCUT2D eigenvalue weighted by molar-refractivity contribution is 5.85. The predicted molar refractivity (Wildman–Crippen MR) is 201 cm³/mol.